The van der Waals surface area contributed by atoms with Gasteiger partial charge in [0.05, 0.1) is 0 Å². The summed E-state index contributed by atoms with van der Waals surface area (Å²) in [7, 11) is 0. The maximum atomic E-state index is 11.4. The first-order valence-corrected chi connectivity index (χ1v) is 5.51. The molecule has 5 heteroatoms. The predicted molar refractivity (Wildman–Crippen MR) is 67.0 cm³/mol. The molecule has 96 valence electrons. The summed E-state index contributed by atoms with van der Waals surface area (Å²) in [4.78, 5) is 25.5. The number of aliphatic carboxylic acids is 1. The van der Waals surface area contributed by atoms with Crippen LogP contribution in [0.5, 0.6) is 0 Å². The number of aromatic nitrogens is 1. The highest BCUT2D eigenvalue weighted by molar-refractivity contribution is 5.93. The SMILES string of the molecule is CC(C)(CNC(=O)/C=C/C(=O)O)c1ccncc1. The molecule has 0 spiro atoms. The number of rotatable bonds is 5. The quantitative estimate of drug-likeness (QED) is 0.765. The van der Waals surface area contributed by atoms with Crippen molar-refractivity contribution >= 4 is 11.9 Å². The van der Waals surface area contributed by atoms with Gasteiger partial charge < -0.3 is 10.4 Å². The van der Waals surface area contributed by atoms with Crippen molar-refractivity contribution in [1.82, 2.24) is 10.3 Å². The highest BCUT2D eigenvalue weighted by Crippen LogP contribution is 2.20. The smallest absolute Gasteiger partial charge is 0.328 e. The minimum Gasteiger partial charge on any atom is -0.478 e. The number of carboxylic acid groups (broad SMARTS) is 1. The molecule has 18 heavy (non-hydrogen) atoms. The second-order valence-electron chi connectivity index (χ2n) is 4.51. The monoisotopic (exact) mass is 248 g/mol. The van der Waals surface area contributed by atoms with E-state index in [0.29, 0.717) is 6.54 Å². The van der Waals surface area contributed by atoms with Gasteiger partial charge in [-0.3, -0.25) is 9.78 Å². The van der Waals surface area contributed by atoms with Crippen LogP contribution in [-0.2, 0) is 15.0 Å². The third kappa shape index (κ3) is 4.37. The molecule has 0 aliphatic heterocycles. The van der Waals surface area contributed by atoms with E-state index in [1.54, 1.807) is 12.4 Å². The average Bonchev–Trinajstić information content (AvgIpc) is 2.35. The lowest BCUT2D eigenvalue weighted by molar-refractivity contribution is -0.131. The van der Waals surface area contributed by atoms with Gasteiger partial charge in [0.25, 0.3) is 0 Å². The first-order valence-electron chi connectivity index (χ1n) is 5.51. The van der Waals surface area contributed by atoms with Gasteiger partial charge in [0.15, 0.2) is 0 Å². The Morgan fingerprint density at radius 3 is 2.50 bits per heavy atom. The van der Waals surface area contributed by atoms with Crippen LogP contribution in [-0.4, -0.2) is 28.5 Å². The average molecular weight is 248 g/mol. The maximum absolute atomic E-state index is 11.4. The highest BCUT2D eigenvalue weighted by atomic mass is 16.4. The molecule has 0 fully saturated rings. The first kappa shape index (κ1) is 13.9. The number of nitrogens with zero attached hydrogens (tertiary/aromatic N) is 1. The van der Waals surface area contributed by atoms with E-state index >= 15 is 0 Å². The molecule has 0 saturated heterocycles. The Morgan fingerprint density at radius 2 is 1.94 bits per heavy atom. The molecule has 0 unspecified atom stereocenters. The van der Waals surface area contributed by atoms with Crippen molar-refractivity contribution in [2.75, 3.05) is 6.54 Å². The number of hydrogen-bond acceptors (Lipinski definition) is 3. The van der Waals surface area contributed by atoms with E-state index in [2.05, 4.69) is 10.3 Å². The van der Waals surface area contributed by atoms with Crippen molar-refractivity contribution in [2.45, 2.75) is 19.3 Å². The van der Waals surface area contributed by atoms with Gasteiger partial charge in [0.1, 0.15) is 0 Å². The fourth-order valence-corrected chi connectivity index (χ4v) is 1.42. The number of hydrogen-bond donors (Lipinski definition) is 2. The van der Waals surface area contributed by atoms with Crippen molar-refractivity contribution in [3.63, 3.8) is 0 Å². The molecule has 0 aliphatic carbocycles. The Balaban J connectivity index is 2.57. The first-order chi connectivity index (χ1) is 8.42. The molecule has 0 radical (unpaired) electrons. The summed E-state index contributed by atoms with van der Waals surface area (Å²) in [6, 6.07) is 3.78. The molecule has 1 aromatic heterocycles. The lowest BCUT2D eigenvalue weighted by Gasteiger charge is -2.25. The number of pyridine rings is 1. The van der Waals surface area contributed by atoms with Crippen LogP contribution >= 0.6 is 0 Å². The Morgan fingerprint density at radius 1 is 1.33 bits per heavy atom. The third-order valence-electron chi connectivity index (χ3n) is 2.54. The van der Waals surface area contributed by atoms with Crippen molar-refractivity contribution in [2.24, 2.45) is 0 Å². The largest absolute Gasteiger partial charge is 0.478 e. The molecule has 1 aromatic rings. The lowest BCUT2D eigenvalue weighted by atomic mass is 9.85. The molecule has 1 heterocycles. The Hall–Kier alpha value is -2.17. The molecule has 0 aromatic carbocycles. The summed E-state index contributed by atoms with van der Waals surface area (Å²) in [5, 5.41) is 11.1. The van der Waals surface area contributed by atoms with Gasteiger partial charge in [-0.25, -0.2) is 4.79 Å². The lowest BCUT2D eigenvalue weighted by Crippen LogP contribution is -2.35. The van der Waals surface area contributed by atoms with E-state index < -0.39 is 11.9 Å². The number of carboxylic acids is 1. The molecule has 0 saturated carbocycles. The van der Waals surface area contributed by atoms with E-state index in [0.717, 1.165) is 17.7 Å². The van der Waals surface area contributed by atoms with E-state index in [1.807, 2.05) is 26.0 Å². The van der Waals surface area contributed by atoms with Crippen LogP contribution in [0.3, 0.4) is 0 Å². The number of nitrogens with one attached hydrogen (secondary N) is 1. The molecular weight excluding hydrogens is 232 g/mol. The minimum absolute atomic E-state index is 0.240. The van der Waals surface area contributed by atoms with Crippen molar-refractivity contribution < 1.29 is 14.7 Å². The van der Waals surface area contributed by atoms with Gasteiger partial charge in [-0.05, 0) is 17.7 Å². The van der Waals surface area contributed by atoms with Crippen LogP contribution in [0.1, 0.15) is 19.4 Å². The third-order valence-corrected chi connectivity index (χ3v) is 2.54. The molecule has 1 rings (SSSR count). The molecule has 2 N–H and O–H groups in total. The predicted octanol–water partition coefficient (Wildman–Crippen LogP) is 1.12. The van der Waals surface area contributed by atoms with Gasteiger partial charge in [-0.15, -0.1) is 0 Å². The standard InChI is InChI=1S/C13H16N2O3/c1-13(2,10-5-7-14-8-6-10)9-15-11(16)3-4-12(17)18/h3-8H,9H2,1-2H3,(H,15,16)(H,17,18)/b4-3+. The van der Waals surface area contributed by atoms with Gasteiger partial charge in [0.2, 0.25) is 5.91 Å². The van der Waals surface area contributed by atoms with Crippen molar-refractivity contribution in [3.8, 4) is 0 Å². The van der Waals surface area contributed by atoms with Crippen LogP contribution in [0.25, 0.3) is 0 Å². The summed E-state index contributed by atoms with van der Waals surface area (Å²) in [6.07, 6.45) is 5.21. The molecule has 0 atom stereocenters. The van der Waals surface area contributed by atoms with Crippen LogP contribution in [0.15, 0.2) is 36.7 Å². The number of carbonyl (C=O) groups is 2. The highest BCUT2D eigenvalue weighted by Gasteiger charge is 2.20. The zero-order valence-electron chi connectivity index (χ0n) is 10.4. The van der Waals surface area contributed by atoms with Crippen molar-refractivity contribution in [3.05, 3.63) is 42.2 Å². The second kappa shape index (κ2) is 5.95. The summed E-state index contributed by atoms with van der Waals surface area (Å²) >= 11 is 0. The van der Waals surface area contributed by atoms with Gasteiger partial charge >= 0.3 is 5.97 Å². The number of carbonyl (C=O) groups excluding carboxylic acids is 1. The molecule has 1 amide bonds. The van der Waals surface area contributed by atoms with Crippen LogP contribution in [0.2, 0.25) is 0 Å². The molecule has 0 bridgehead atoms. The Kier molecular flexibility index (Phi) is 4.59. The van der Waals surface area contributed by atoms with E-state index in [1.165, 1.54) is 0 Å². The molecule has 5 nitrogen and oxygen atoms in total. The van der Waals surface area contributed by atoms with Gasteiger partial charge in [-0.1, -0.05) is 13.8 Å². The Bertz CT molecular complexity index is 453. The summed E-state index contributed by atoms with van der Waals surface area (Å²) in [5.41, 5.74) is 0.815. The molecule has 0 aliphatic rings. The summed E-state index contributed by atoms with van der Waals surface area (Å²) in [5.74, 6) is -1.56. The molecular formula is C13H16N2O3. The van der Waals surface area contributed by atoms with E-state index in [9.17, 15) is 9.59 Å². The normalized spacial score (nSPS) is 11.4. The van der Waals surface area contributed by atoms with E-state index in [4.69, 9.17) is 5.11 Å². The van der Waals surface area contributed by atoms with Crippen LogP contribution in [0.4, 0.5) is 0 Å². The maximum Gasteiger partial charge on any atom is 0.328 e. The van der Waals surface area contributed by atoms with Crippen LogP contribution in [0, 0.1) is 0 Å². The summed E-state index contributed by atoms with van der Waals surface area (Å²) < 4.78 is 0. The fourth-order valence-electron chi connectivity index (χ4n) is 1.42. The van der Waals surface area contributed by atoms with Crippen LogP contribution < -0.4 is 5.32 Å². The zero-order chi connectivity index (χ0) is 13.6. The van der Waals surface area contributed by atoms with Crippen molar-refractivity contribution in [1.29, 1.82) is 0 Å². The topological polar surface area (TPSA) is 79.3 Å². The Labute approximate surface area is 106 Å². The zero-order valence-corrected chi connectivity index (χ0v) is 10.4. The van der Waals surface area contributed by atoms with Gasteiger partial charge in [-0.2, -0.15) is 0 Å². The second-order valence-corrected chi connectivity index (χ2v) is 4.51. The minimum atomic E-state index is -1.14. The van der Waals surface area contributed by atoms with Gasteiger partial charge in [0, 0.05) is 36.5 Å². The summed E-state index contributed by atoms with van der Waals surface area (Å²) in [6.45, 7) is 4.40. The van der Waals surface area contributed by atoms with E-state index in [-0.39, 0.29) is 5.41 Å². The fraction of sp³-hybridized carbons (Fsp3) is 0.308. The number of amides is 1.